The van der Waals surface area contributed by atoms with Crippen molar-refractivity contribution in [2.75, 3.05) is 5.75 Å². The molecule has 0 aliphatic carbocycles. The lowest BCUT2D eigenvalue weighted by Crippen LogP contribution is -2.09. The summed E-state index contributed by atoms with van der Waals surface area (Å²) in [4.78, 5) is 16.8. The lowest BCUT2D eigenvalue weighted by Gasteiger charge is -2.09. The first-order valence-corrected chi connectivity index (χ1v) is 10.9. The largest absolute Gasteiger partial charge is 0.467 e. The lowest BCUT2D eigenvalue weighted by molar-refractivity contribution is -0.141. The van der Waals surface area contributed by atoms with Gasteiger partial charge < -0.3 is 13.6 Å². The Morgan fingerprint density at radius 3 is 2.72 bits per heavy atom. The topological polar surface area (TPSA) is 96.2 Å². The molecule has 4 heterocycles. The van der Waals surface area contributed by atoms with Gasteiger partial charge in [-0.1, -0.05) is 36.0 Å². The molecular weight excluding hydrogens is 428 g/mol. The van der Waals surface area contributed by atoms with Crippen LogP contribution < -0.4 is 0 Å². The first kappa shape index (κ1) is 20.1. The van der Waals surface area contributed by atoms with Crippen molar-refractivity contribution < 1.29 is 18.4 Å². The maximum atomic E-state index is 12.4. The fourth-order valence-corrected chi connectivity index (χ4v) is 4.03. The number of carbonyl (C=O) groups is 1. The van der Waals surface area contributed by atoms with Crippen molar-refractivity contribution in [3.63, 3.8) is 0 Å². The molecular formula is C23H18N4O4S. The van der Waals surface area contributed by atoms with Crippen LogP contribution in [0, 0.1) is 0 Å². The fourth-order valence-electron chi connectivity index (χ4n) is 3.29. The quantitative estimate of drug-likeness (QED) is 0.253. The Kier molecular flexibility index (Phi) is 5.71. The van der Waals surface area contributed by atoms with Gasteiger partial charge in [0.1, 0.15) is 12.4 Å². The van der Waals surface area contributed by atoms with Gasteiger partial charge in [-0.2, -0.15) is 0 Å². The number of para-hydroxylation sites is 1. The lowest BCUT2D eigenvalue weighted by atomic mass is 10.1. The van der Waals surface area contributed by atoms with Crippen LogP contribution in [-0.4, -0.2) is 31.5 Å². The molecule has 0 aliphatic rings. The first-order valence-electron chi connectivity index (χ1n) is 9.88. The van der Waals surface area contributed by atoms with E-state index in [-0.39, 0.29) is 18.3 Å². The van der Waals surface area contributed by atoms with Crippen LogP contribution in [0.5, 0.6) is 0 Å². The molecule has 0 amide bonds. The van der Waals surface area contributed by atoms with Crippen LogP contribution in [0.15, 0.2) is 87.3 Å². The van der Waals surface area contributed by atoms with Crippen LogP contribution >= 0.6 is 11.8 Å². The molecule has 0 saturated heterocycles. The van der Waals surface area contributed by atoms with E-state index in [1.54, 1.807) is 24.8 Å². The van der Waals surface area contributed by atoms with Crippen molar-refractivity contribution in [3.05, 3.63) is 84.6 Å². The van der Waals surface area contributed by atoms with Gasteiger partial charge in [-0.3, -0.25) is 14.3 Å². The van der Waals surface area contributed by atoms with E-state index in [1.165, 1.54) is 11.8 Å². The fraction of sp³-hybridized carbons (Fsp3) is 0.130. The Morgan fingerprint density at radius 1 is 1.00 bits per heavy atom. The number of aromatic nitrogens is 4. The molecule has 5 rings (SSSR count). The van der Waals surface area contributed by atoms with E-state index in [0.29, 0.717) is 23.3 Å². The highest BCUT2D eigenvalue weighted by molar-refractivity contribution is 7.99. The number of furan rings is 2. The van der Waals surface area contributed by atoms with Gasteiger partial charge in [0.25, 0.3) is 0 Å². The molecule has 0 unspecified atom stereocenters. The minimum atomic E-state index is -0.352. The highest BCUT2D eigenvalue weighted by atomic mass is 32.2. The number of carbonyl (C=O) groups excluding carboxylic acids is 1. The third-order valence-electron chi connectivity index (χ3n) is 4.78. The molecule has 8 nitrogen and oxygen atoms in total. The average molecular weight is 446 g/mol. The smallest absolute Gasteiger partial charge is 0.316 e. The molecule has 0 saturated carbocycles. The van der Waals surface area contributed by atoms with Gasteiger partial charge >= 0.3 is 5.97 Å². The summed E-state index contributed by atoms with van der Waals surface area (Å²) in [5, 5.41) is 10.1. The maximum Gasteiger partial charge on any atom is 0.316 e. The Hall–Kier alpha value is -3.85. The zero-order valence-electron chi connectivity index (χ0n) is 16.9. The number of hydrogen-bond donors (Lipinski definition) is 0. The molecule has 0 bridgehead atoms. The summed E-state index contributed by atoms with van der Waals surface area (Å²) in [7, 11) is 0. The van der Waals surface area contributed by atoms with Crippen molar-refractivity contribution in [2.24, 2.45) is 0 Å². The van der Waals surface area contributed by atoms with Crippen LogP contribution in [-0.2, 0) is 22.7 Å². The number of nitrogens with zero attached hydrogens (tertiary/aromatic N) is 4. The third kappa shape index (κ3) is 4.28. The van der Waals surface area contributed by atoms with Crippen LogP contribution in [0.1, 0.15) is 11.3 Å². The number of benzene rings is 1. The van der Waals surface area contributed by atoms with Crippen LogP contribution in [0.3, 0.4) is 0 Å². The molecule has 32 heavy (non-hydrogen) atoms. The summed E-state index contributed by atoms with van der Waals surface area (Å²) in [6, 6.07) is 17.0. The van der Waals surface area contributed by atoms with Crippen LogP contribution in [0.4, 0.5) is 0 Å². The molecule has 0 spiro atoms. The predicted molar refractivity (Wildman–Crippen MR) is 118 cm³/mol. The van der Waals surface area contributed by atoms with E-state index >= 15 is 0 Å². The Labute approximate surface area is 187 Å². The zero-order valence-corrected chi connectivity index (χ0v) is 17.7. The van der Waals surface area contributed by atoms with E-state index in [1.807, 2.05) is 53.1 Å². The summed E-state index contributed by atoms with van der Waals surface area (Å²) in [5.41, 5.74) is 1.69. The zero-order chi connectivity index (χ0) is 21.8. The summed E-state index contributed by atoms with van der Waals surface area (Å²) < 4.78 is 18.3. The van der Waals surface area contributed by atoms with E-state index in [9.17, 15) is 4.79 Å². The highest BCUT2D eigenvalue weighted by Gasteiger charge is 2.19. The van der Waals surface area contributed by atoms with Gasteiger partial charge in [0.2, 0.25) is 5.82 Å². The second-order valence-corrected chi connectivity index (χ2v) is 7.83. The van der Waals surface area contributed by atoms with E-state index in [2.05, 4.69) is 15.2 Å². The number of fused-ring (bicyclic) bond motifs is 1. The minimum Gasteiger partial charge on any atom is -0.467 e. The summed E-state index contributed by atoms with van der Waals surface area (Å²) >= 11 is 1.25. The van der Waals surface area contributed by atoms with E-state index in [4.69, 9.17) is 13.6 Å². The van der Waals surface area contributed by atoms with Gasteiger partial charge in [-0.15, -0.1) is 10.2 Å². The number of hydrogen-bond acceptors (Lipinski definition) is 8. The van der Waals surface area contributed by atoms with E-state index < -0.39 is 0 Å². The monoisotopic (exact) mass is 446 g/mol. The number of ether oxygens (including phenoxy) is 1. The van der Waals surface area contributed by atoms with Gasteiger partial charge in [0, 0.05) is 17.1 Å². The SMILES string of the molecule is O=C(CSc1nnc(-c2ccco2)n1Cc1ccco1)OCc1cccc2cccnc12. The first-order chi connectivity index (χ1) is 15.8. The number of esters is 1. The Bertz CT molecular complexity index is 1320. The summed E-state index contributed by atoms with van der Waals surface area (Å²) in [5.74, 6) is 1.62. The molecule has 5 aromatic rings. The normalized spacial score (nSPS) is 11.1. The number of rotatable bonds is 8. The average Bonchev–Trinajstić information content (AvgIpc) is 3.59. The molecule has 0 aliphatic heterocycles. The van der Waals surface area contributed by atoms with Crippen molar-refractivity contribution in [1.82, 2.24) is 19.7 Å². The number of pyridine rings is 1. The molecule has 1 aromatic carbocycles. The molecule has 0 atom stereocenters. The summed E-state index contributed by atoms with van der Waals surface area (Å²) in [6.45, 7) is 0.569. The van der Waals surface area contributed by atoms with Crippen LogP contribution in [0.25, 0.3) is 22.5 Å². The molecule has 0 radical (unpaired) electrons. The molecule has 4 aromatic heterocycles. The highest BCUT2D eigenvalue weighted by Crippen LogP contribution is 2.26. The van der Waals surface area contributed by atoms with Crippen molar-refractivity contribution in [2.45, 2.75) is 18.3 Å². The maximum absolute atomic E-state index is 12.4. The third-order valence-corrected chi connectivity index (χ3v) is 5.72. The predicted octanol–water partition coefficient (Wildman–Crippen LogP) is 4.56. The Balaban J connectivity index is 1.27. The second kappa shape index (κ2) is 9.11. The molecule has 0 N–H and O–H groups in total. The van der Waals surface area contributed by atoms with Crippen molar-refractivity contribution in [3.8, 4) is 11.6 Å². The van der Waals surface area contributed by atoms with Gasteiger partial charge in [-0.25, -0.2) is 0 Å². The van der Waals surface area contributed by atoms with Gasteiger partial charge in [-0.05, 0) is 30.3 Å². The van der Waals surface area contributed by atoms with Crippen molar-refractivity contribution >= 4 is 28.6 Å². The standard InChI is InChI=1S/C23H18N4O4S/c28-20(31-14-17-6-1-5-16-7-2-10-24-21(16)17)15-32-23-26-25-22(19-9-4-12-30-19)27(23)13-18-8-3-11-29-18/h1-12H,13-15H2. The van der Waals surface area contributed by atoms with Crippen LogP contribution in [0.2, 0.25) is 0 Å². The molecule has 0 fully saturated rings. The van der Waals surface area contributed by atoms with Gasteiger partial charge in [0.05, 0.1) is 30.3 Å². The molecule has 9 heteroatoms. The Morgan fingerprint density at radius 2 is 1.88 bits per heavy atom. The number of thioether (sulfide) groups is 1. The van der Waals surface area contributed by atoms with Gasteiger partial charge in [0.15, 0.2) is 10.9 Å². The molecule has 160 valence electrons. The van der Waals surface area contributed by atoms with E-state index in [0.717, 1.165) is 22.2 Å². The second-order valence-electron chi connectivity index (χ2n) is 6.89. The minimum absolute atomic E-state index is 0.0899. The summed E-state index contributed by atoms with van der Waals surface area (Å²) in [6.07, 6.45) is 4.91. The van der Waals surface area contributed by atoms with Crippen molar-refractivity contribution in [1.29, 1.82) is 0 Å².